The van der Waals surface area contributed by atoms with Crippen LogP contribution in [0.25, 0.3) is 0 Å². The van der Waals surface area contributed by atoms with Gasteiger partial charge in [0.2, 0.25) is 5.91 Å². The van der Waals surface area contributed by atoms with Gasteiger partial charge in [-0.15, -0.1) is 0 Å². The van der Waals surface area contributed by atoms with Gasteiger partial charge < -0.3 is 4.90 Å². The van der Waals surface area contributed by atoms with E-state index in [1.807, 2.05) is 11.0 Å². The van der Waals surface area contributed by atoms with Crippen molar-refractivity contribution in [2.75, 3.05) is 16.4 Å². The van der Waals surface area contributed by atoms with Crippen molar-refractivity contribution in [3.05, 3.63) is 29.3 Å². The molecule has 2 aliphatic heterocycles. The molecule has 0 bridgehead atoms. The number of benzene rings is 1. The second kappa shape index (κ2) is 5.86. The highest BCUT2D eigenvalue weighted by molar-refractivity contribution is 8.16. The first-order valence-electron chi connectivity index (χ1n) is 6.93. The fourth-order valence-corrected chi connectivity index (χ4v) is 6.79. The lowest BCUT2D eigenvalue weighted by atomic mass is 10.2. The van der Waals surface area contributed by atoms with E-state index in [9.17, 15) is 13.2 Å². The summed E-state index contributed by atoms with van der Waals surface area (Å²) in [6.45, 7) is 1.75. The molecule has 0 unspecified atom stereocenters. The Hall–Kier alpha value is -1.05. The van der Waals surface area contributed by atoms with Crippen molar-refractivity contribution < 1.29 is 13.2 Å². The molecule has 0 spiro atoms. The number of carbonyl (C=O) groups excluding carboxylic acids is 1. The van der Waals surface area contributed by atoms with Crippen molar-refractivity contribution in [2.24, 2.45) is 4.99 Å². The van der Waals surface area contributed by atoms with E-state index in [1.54, 1.807) is 25.1 Å². The van der Waals surface area contributed by atoms with Gasteiger partial charge in [0, 0.05) is 22.4 Å². The summed E-state index contributed by atoms with van der Waals surface area (Å²) < 4.78 is 23.8. The highest BCUT2D eigenvalue weighted by Crippen LogP contribution is 2.41. The van der Waals surface area contributed by atoms with Crippen LogP contribution in [-0.4, -0.2) is 42.3 Å². The minimum absolute atomic E-state index is 0.0799. The van der Waals surface area contributed by atoms with Crippen molar-refractivity contribution in [1.82, 2.24) is 0 Å². The monoisotopic (exact) mass is 358 g/mol. The molecule has 8 heteroatoms. The predicted octanol–water partition coefficient (Wildman–Crippen LogP) is 2.35. The summed E-state index contributed by atoms with van der Waals surface area (Å²) in [4.78, 5) is 17.7. The number of nitrogens with zero attached hydrogens (tertiary/aromatic N) is 2. The number of amidine groups is 1. The molecule has 2 saturated heterocycles. The molecule has 2 fully saturated rings. The van der Waals surface area contributed by atoms with E-state index in [2.05, 4.69) is 4.99 Å². The molecule has 0 aromatic heterocycles. The van der Waals surface area contributed by atoms with Crippen molar-refractivity contribution >= 4 is 50.0 Å². The van der Waals surface area contributed by atoms with E-state index in [1.165, 1.54) is 11.8 Å². The Bertz CT molecular complexity index is 748. The Morgan fingerprint density at radius 2 is 2.23 bits per heavy atom. The van der Waals surface area contributed by atoms with Gasteiger partial charge in [0.1, 0.15) is 0 Å². The van der Waals surface area contributed by atoms with Gasteiger partial charge in [0.05, 0.1) is 17.5 Å². The first-order valence-corrected chi connectivity index (χ1v) is 10.0. The maximum atomic E-state index is 11.9. The van der Waals surface area contributed by atoms with Crippen LogP contribution in [0.3, 0.4) is 0 Å². The maximum Gasteiger partial charge on any atom is 0.247 e. The fraction of sp³-hybridized carbons (Fsp3) is 0.429. The van der Waals surface area contributed by atoms with Crippen LogP contribution in [-0.2, 0) is 14.6 Å². The zero-order valence-corrected chi connectivity index (χ0v) is 14.3. The smallest absolute Gasteiger partial charge is 0.247 e. The third-order valence-electron chi connectivity index (χ3n) is 3.68. The van der Waals surface area contributed by atoms with E-state index in [-0.39, 0.29) is 28.7 Å². The van der Waals surface area contributed by atoms with Crippen LogP contribution in [0.1, 0.15) is 13.3 Å². The van der Waals surface area contributed by atoms with Gasteiger partial charge in [-0.1, -0.05) is 36.4 Å². The first kappa shape index (κ1) is 15.8. The van der Waals surface area contributed by atoms with Crippen molar-refractivity contribution in [2.45, 2.75) is 24.6 Å². The molecule has 22 heavy (non-hydrogen) atoms. The van der Waals surface area contributed by atoms with Crippen molar-refractivity contribution in [1.29, 1.82) is 0 Å². The normalized spacial score (nSPS) is 28.1. The SMILES string of the molecule is CCC(=O)N=C1S[C@@H]2CS(=O)(=O)C[C@@H]2N1c1cccc(Cl)c1. The number of aliphatic imine (C=N–C) groups is 1. The lowest BCUT2D eigenvalue weighted by Gasteiger charge is -2.24. The molecular formula is C14H15ClN2O3S2. The summed E-state index contributed by atoms with van der Waals surface area (Å²) >= 11 is 7.41. The summed E-state index contributed by atoms with van der Waals surface area (Å²) in [7, 11) is -3.05. The second-order valence-electron chi connectivity index (χ2n) is 5.29. The highest BCUT2D eigenvalue weighted by Gasteiger charge is 2.49. The number of anilines is 1. The van der Waals surface area contributed by atoms with E-state index in [4.69, 9.17) is 11.6 Å². The molecule has 1 aromatic rings. The number of sulfone groups is 1. The average molecular weight is 359 g/mol. The summed E-state index contributed by atoms with van der Waals surface area (Å²) in [5.74, 6) is -0.00716. The molecule has 3 rings (SSSR count). The van der Waals surface area contributed by atoms with Crippen LogP contribution in [0, 0.1) is 0 Å². The minimum atomic E-state index is -3.05. The van der Waals surface area contributed by atoms with Crippen LogP contribution in [0.5, 0.6) is 0 Å². The molecule has 118 valence electrons. The second-order valence-corrected chi connectivity index (χ2v) is 9.09. The van der Waals surface area contributed by atoms with Gasteiger partial charge in [-0.3, -0.25) is 4.79 Å². The summed E-state index contributed by atoms with van der Waals surface area (Å²) in [5.41, 5.74) is 0.771. The molecular weight excluding hydrogens is 344 g/mol. The number of hydrogen-bond acceptors (Lipinski definition) is 4. The molecule has 0 N–H and O–H groups in total. The van der Waals surface area contributed by atoms with Gasteiger partial charge in [-0.05, 0) is 18.2 Å². The average Bonchev–Trinajstić information content (AvgIpc) is 2.89. The van der Waals surface area contributed by atoms with Crippen molar-refractivity contribution in [3.63, 3.8) is 0 Å². The number of halogens is 1. The van der Waals surface area contributed by atoms with Crippen molar-refractivity contribution in [3.8, 4) is 0 Å². The number of hydrogen-bond donors (Lipinski definition) is 0. The van der Waals surface area contributed by atoms with Gasteiger partial charge in [-0.25, -0.2) is 8.42 Å². The Balaban J connectivity index is 2.03. The molecule has 0 saturated carbocycles. The summed E-state index contributed by atoms with van der Waals surface area (Å²) in [6.07, 6.45) is 0.321. The molecule has 5 nitrogen and oxygen atoms in total. The summed E-state index contributed by atoms with van der Waals surface area (Å²) in [5, 5.41) is 1.04. The quantitative estimate of drug-likeness (QED) is 0.811. The van der Waals surface area contributed by atoms with Crippen LogP contribution < -0.4 is 4.90 Å². The minimum Gasteiger partial charge on any atom is -0.316 e. The van der Waals surface area contributed by atoms with Gasteiger partial charge in [-0.2, -0.15) is 4.99 Å². The standard InChI is InChI=1S/C14H15ClN2O3S2/c1-2-13(18)16-14-17(10-5-3-4-9(15)6-10)11-7-22(19,20)8-12(11)21-14/h3-6,11-12H,2,7-8H2,1H3/t11-,12+/m0/s1. The van der Waals surface area contributed by atoms with Crippen LogP contribution in [0.4, 0.5) is 5.69 Å². The predicted molar refractivity (Wildman–Crippen MR) is 90.5 cm³/mol. The highest BCUT2D eigenvalue weighted by atomic mass is 35.5. The molecule has 2 heterocycles. The largest absolute Gasteiger partial charge is 0.316 e. The molecule has 1 aromatic carbocycles. The topological polar surface area (TPSA) is 66.8 Å². The van der Waals surface area contributed by atoms with Crippen LogP contribution >= 0.6 is 23.4 Å². The van der Waals surface area contributed by atoms with Gasteiger partial charge >= 0.3 is 0 Å². The Morgan fingerprint density at radius 1 is 1.45 bits per heavy atom. The van der Waals surface area contributed by atoms with Crippen LogP contribution in [0.15, 0.2) is 29.3 Å². The fourth-order valence-electron chi connectivity index (χ4n) is 2.68. The van der Waals surface area contributed by atoms with E-state index >= 15 is 0 Å². The van der Waals surface area contributed by atoms with E-state index in [0.717, 1.165) is 5.69 Å². The van der Waals surface area contributed by atoms with E-state index in [0.29, 0.717) is 16.6 Å². The number of fused-ring (bicyclic) bond motifs is 1. The summed E-state index contributed by atoms with van der Waals surface area (Å²) in [6, 6.07) is 6.98. The maximum absolute atomic E-state index is 11.9. The third-order valence-corrected chi connectivity index (χ3v) is 7.12. The van der Waals surface area contributed by atoms with Crippen LogP contribution in [0.2, 0.25) is 5.02 Å². The molecule has 2 aliphatic rings. The molecule has 0 radical (unpaired) electrons. The zero-order chi connectivity index (χ0) is 15.9. The van der Waals surface area contributed by atoms with Gasteiger partial charge in [0.15, 0.2) is 15.0 Å². The Kier molecular flexibility index (Phi) is 4.22. The Labute approximate surface area is 138 Å². The lowest BCUT2D eigenvalue weighted by molar-refractivity contribution is -0.117. The number of carbonyl (C=O) groups is 1. The number of thioether (sulfide) groups is 1. The van der Waals surface area contributed by atoms with E-state index < -0.39 is 9.84 Å². The molecule has 2 atom stereocenters. The molecule has 0 aliphatic carbocycles. The lowest BCUT2D eigenvalue weighted by Crippen LogP contribution is -2.37. The number of amides is 1. The third kappa shape index (κ3) is 3.02. The van der Waals surface area contributed by atoms with Gasteiger partial charge in [0.25, 0.3) is 0 Å². The Morgan fingerprint density at radius 3 is 2.91 bits per heavy atom. The first-order chi connectivity index (χ1) is 10.4. The number of rotatable bonds is 2. The zero-order valence-electron chi connectivity index (χ0n) is 11.9. The molecule has 1 amide bonds.